The van der Waals surface area contributed by atoms with E-state index in [1.165, 1.54) is 0 Å². The van der Waals surface area contributed by atoms with Gasteiger partial charge in [0.25, 0.3) is 0 Å². The topological polar surface area (TPSA) is 34.1 Å². The predicted molar refractivity (Wildman–Crippen MR) is 88.5 cm³/mol. The normalized spacial score (nSPS) is 12.0. The first kappa shape index (κ1) is 15.9. The summed E-state index contributed by atoms with van der Waals surface area (Å²) in [5.41, 5.74) is 1.95. The highest BCUT2D eigenvalue weighted by atomic mass is 35.5. The first-order valence-corrected chi connectivity index (χ1v) is 7.70. The van der Waals surface area contributed by atoms with Gasteiger partial charge in [-0.3, -0.25) is 0 Å². The molecule has 1 unspecified atom stereocenters. The molecule has 2 aromatic rings. The number of halogens is 2. The van der Waals surface area contributed by atoms with Gasteiger partial charge in [-0.05, 0) is 43.2 Å². The second-order valence-electron chi connectivity index (χ2n) is 4.57. The third-order valence-electron chi connectivity index (χ3n) is 3.14. The van der Waals surface area contributed by atoms with Gasteiger partial charge in [-0.1, -0.05) is 36.2 Å². The molecule has 5 heteroatoms. The zero-order valence-electron chi connectivity index (χ0n) is 12.1. The number of benzene rings is 1. The zero-order valence-corrected chi connectivity index (χ0v) is 13.6. The van der Waals surface area contributed by atoms with Crippen LogP contribution in [0.5, 0.6) is 5.88 Å². The van der Waals surface area contributed by atoms with Gasteiger partial charge in [0.05, 0.1) is 28.4 Å². The lowest BCUT2D eigenvalue weighted by atomic mass is 10.0. The van der Waals surface area contributed by atoms with Gasteiger partial charge in [-0.25, -0.2) is 4.98 Å². The van der Waals surface area contributed by atoms with Gasteiger partial charge in [0.1, 0.15) is 0 Å². The highest BCUT2D eigenvalue weighted by Gasteiger charge is 2.13. The van der Waals surface area contributed by atoms with Gasteiger partial charge in [0, 0.05) is 6.20 Å². The number of hydrogen-bond acceptors (Lipinski definition) is 3. The number of rotatable bonds is 6. The molecular weight excluding hydrogens is 307 g/mol. The molecule has 0 radical (unpaired) electrons. The van der Waals surface area contributed by atoms with E-state index in [4.69, 9.17) is 27.9 Å². The Balaban J connectivity index is 2.24. The van der Waals surface area contributed by atoms with Gasteiger partial charge in [0.15, 0.2) is 0 Å². The smallest absolute Gasteiger partial charge is 0.237 e. The van der Waals surface area contributed by atoms with Crippen LogP contribution in [-0.4, -0.2) is 11.6 Å². The van der Waals surface area contributed by atoms with Gasteiger partial charge in [0.2, 0.25) is 5.88 Å². The van der Waals surface area contributed by atoms with Gasteiger partial charge in [-0.2, -0.15) is 0 Å². The fraction of sp³-hybridized carbons (Fsp3) is 0.312. The summed E-state index contributed by atoms with van der Waals surface area (Å²) < 4.78 is 5.54. The van der Waals surface area contributed by atoms with E-state index >= 15 is 0 Å². The summed E-state index contributed by atoms with van der Waals surface area (Å²) in [4.78, 5) is 4.25. The molecule has 0 saturated heterocycles. The predicted octanol–water partition coefficient (Wildman–Crippen LogP) is 5.35. The van der Waals surface area contributed by atoms with Crippen LogP contribution in [0.25, 0.3) is 0 Å². The Labute approximate surface area is 135 Å². The van der Waals surface area contributed by atoms with Crippen molar-refractivity contribution in [3.63, 3.8) is 0 Å². The van der Waals surface area contributed by atoms with Crippen molar-refractivity contribution >= 4 is 28.9 Å². The Morgan fingerprint density at radius 2 is 2.00 bits per heavy atom. The van der Waals surface area contributed by atoms with E-state index in [2.05, 4.69) is 17.2 Å². The van der Waals surface area contributed by atoms with Crippen molar-refractivity contribution in [2.45, 2.75) is 26.3 Å². The van der Waals surface area contributed by atoms with Crippen molar-refractivity contribution in [3.8, 4) is 5.88 Å². The first-order valence-electron chi connectivity index (χ1n) is 6.95. The van der Waals surface area contributed by atoms with Crippen LogP contribution < -0.4 is 10.1 Å². The van der Waals surface area contributed by atoms with Crippen LogP contribution in [0.3, 0.4) is 0 Å². The average molecular weight is 325 g/mol. The Hall–Kier alpha value is -1.45. The molecule has 1 atom stereocenters. The molecule has 0 spiro atoms. The lowest BCUT2D eigenvalue weighted by Crippen LogP contribution is -2.11. The van der Waals surface area contributed by atoms with Crippen molar-refractivity contribution in [2.75, 3.05) is 11.9 Å². The fourth-order valence-electron chi connectivity index (χ4n) is 2.09. The molecule has 1 aromatic heterocycles. The SMILES string of the molecule is CCOc1ncccc1NC(CC)c1ccc(Cl)c(Cl)c1. The Kier molecular flexibility index (Phi) is 5.71. The van der Waals surface area contributed by atoms with Crippen LogP contribution >= 0.6 is 23.2 Å². The second kappa shape index (κ2) is 7.53. The van der Waals surface area contributed by atoms with Crippen molar-refractivity contribution < 1.29 is 4.74 Å². The molecule has 3 nitrogen and oxygen atoms in total. The molecule has 0 aliphatic rings. The molecule has 21 heavy (non-hydrogen) atoms. The Morgan fingerprint density at radius 3 is 2.67 bits per heavy atom. The third-order valence-corrected chi connectivity index (χ3v) is 3.88. The zero-order chi connectivity index (χ0) is 15.2. The lowest BCUT2D eigenvalue weighted by Gasteiger charge is -2.20. The van der Waals surface area contributed by atoms with Crippen LogP contribution in [0.1, 0.15) is 31.9 Å². The molecule has 1 heterocycles. The summed E-state index contributed by atoms with van der Waals surface area (Å²) >= 11 is 12.1. The summed E-state index contributed by atoms with van der Waals surface area (Å²) in [7, 11) is 0. The number of aromatic nitrogens is 1. The maximum Gasteiger partial charge on any atom is 0.237 e. The molecule has 0 aliphatic heterocycles. The molecule has 0 aliphatic carbocycles. The minimum atomic E-state index is 0.114. The van der Waals surface area contributed by atoms with Gasteiger partial charge in [-0.15, -0.1) is 0 Å². The summed E-state index contributed by atoms with van der Waals surface area (Å²) in [5, 5.41) is 4.58. The first-order chi connectivity index (χ1) is 10.2. The van der Waals surface area contributed by atoms with Gasteiger partial charge < -0.3 is 10.1 Å². The van der Waals surface area contributed by atoms with Crippen LogP contribution in [0.2, 0.25) is 10.0 Å². The molecule has 1 N–H and O–H groups in total. The van der Waals surface area contributed by atoms with Crippen LogP contribution in [0.4, 0.5) is 5.69 Å². The van der Waals surface area contributed by atoms with Crippen molar-refractivity contribution in [1.29, 1.82) is 0 Å². The summed E-state index contributed by atoms with van der Waals surface area (Å²) in [6, 6.07) is 9.64. The van der Waals surface area contributed by atoms with E-state index in [1.807, 2.05) is 37.3 Å². The van der Waals surface area contributed by atoms with E-state index in [0.29, 0.717) is 22.5 Å². The number of nitrogens with zero attached hydrogens (tertiary/aromatic N) is 1. The minimum Gasteiger partial charge on any atom is -0.476 e. The summed E-state index contributed by atoms with van der Waals surface area (Å²) in [5.74, 6) is 0.610. The van der Waals surface area contributed by atoms with Crippen molar-refractivity contribution in [1.82, 2.24) is 4.98 Å². The number of pyridine rings is 1. The Morgan fingerprint density at radius 1 is 1.19 bits per heavy atom. The van der Waals surface area contributed by atoms with Crippen LogP contribution in [0.15, 0.2) is 36.5 Å². The van der Waals surface area contributed by atoms with Crippen molar-refractivity contribution in [3.05, 3.63) is 52.1 Å². The largest absolute Gasteiger partial charge is 0.476 e. The number of hydrogen-bond donors (Lipinski definition) is 1. The molecule has 0 amide bonds. The quantitative estimate of drug-likeness (QED) is 0.777. The molecule has 0 fully saturated rings. The summed E-state index contributed by atoms with van der Waals surface area (Å²) in [6.45, 7) is 4.63. The maximum atomic E-state index is 6.10. The van der Waals surface area contributed by atoms with E-state index in [1.54, 1.807) is 6.20 Å². The molecule has 2 rings (SSSR count). The standard InChI is InChI=1S/C16H18Cl2N2O/c1-3-14(11-7-8-12(17)13(18)10-11)20-15-6-5-9-19-16(15)21-4-2/h5-10,14,20H,3-4H2,1-2H3. The highest BCUT2D eigenvalue weighted by Crippen LogP contribution is 2.31. The molecule has 1 aromatic carbocycles. The van der Waals surface area contributed by atoms with E-state index in [0.717, 1.165) is 17.7 Å². The lowest BCUT2D eigenvalue weighted by molar-refractivity contribution is 0.328. The van der Waals surface area contributed by atoms with Crippen molar-refractivity contribution in [2.24, 2.45) is 0 Å². The van der Waals surface area contributed by atoms with E-state index in [9.17, 15) is 0 Å². The van der Waals surface area contributed by atoms with E-state index < -0.39 is 0 Å². The minimum absolute atomic E-state index is 0.114. The molecule has 112 valence electrons. The summed E-state index contributed by atoms with van der Waals surface area (Å²) in [6.07, 6.45) is 2.62. The molecular formula is C16H18Cl2N2O. The highest BCUT2D eigenvalue weighted by molar-refractivity contribution is 6.42. The second-order valence-corrected chi connectivity index (χ2v) is 5.38. The van der Waals surface area contributed by atoms with Gasteiger partial charge >= 0.3 is 0 Å². The average Bonchev–Trinajstić information content (AvgIpc) is 2.49. The fourth-order valence-corrected chi connectivity index (χ4v) is 2.40. The van der Waals surface area contributed by atoms with Crippen LogP contribution in [0, 0.1) is 0 Å². The number of nitrogens with one attached hydrogen (secondary N) is 1. The monoisotopic (exact) mass is 324 g/mol. The molecule has 0 bridgehead atoms. The van der Waals surface area contributed by atoms with Crippen LogP contribution in [-0.2, 0) is 0 Å². The molecule has 0 saturated carbocycles. The third kappa shape index (κ3) is 4.02. The number of ether oxygens (including phenoxy) is 1. The number of anilines is 1. The van der Waals surface area contributed by atoms with E-state index in [-0.39, 0.29) is 6.04 Å². The maximum absolute atomic E-state index is 6.10. The Bertz CT molecular complexity index is 605.